The first-order valence-corrected chi connectivity index (χ1v) is 21.0. The fourth-order valence-electron chi connectivity index (χ4n) is 9.48. The van der Waals surface area contributed by atoms with Gasteiger partial charge in [0.2, 0.25) is 0 Å². The molecule has 0 amide bonds. The average molecular weight is 774 g/mol. The van der Waals surface area contributed by atoms with Crippen LogP contribution < -0.4 is 0 Å². The Morgan fingerprint density at radius 2 is 1.22 bits per heavy atom. The molecule has 60 heavy (non-hydrogen) atoms. The number of rotatable bonds is 7. The minimum atomic E-state index is -0.0708. The number of furan rings is 1. The van der Waals surface area contributed by atoms with Gasteiger partial charge in [-0.05, 0) is 83.1 Å². The van der Waals surface area contributed by atoms with E-state index < -0.39 is 0 Å². The molecule has 6 aromatic carbocycles. The molecule has 0 saturated carbocycles. The van der Waals surface area contributed by atoms with Crippen molar-refractivity contribution < 1.29 is 4.42 Å². The fraction of sp³-hybridized carbons (Fsp3) is 0.107. The summed E-state index contributed by atoms with van der Waals surface area (Å²) in [6.07, 6.45) is 14.2. The first-order chi connectivity index (χ1) is 29.6. The van der Waals surface area contributed by atoms with Gasteiger partial charge in [-0.2, -0.15) is 0 Å². The molecule has 1 aliphatic heterocycles. The van der Waals surface area contributed by atoms with Crippen LogP contribution in [0.25, 0.3) is 61.6 Å². The summed E-state index contributed by atoms with van der Waals surface area (Å²) in [5.41, 5.74) is 15.9. The molecule has 3 unspecified atom stereocenters. The highest BCUT2D eigenvalue weighted by molar-refractivity contribution is 5.85. The van der Waals surface area contributed by atoms with E-state index >= 15 is 0 Å². The molecule has 2 aromatic heterocycles. The first kappa shape index (κ1) is 36.0. The van der Waals surface area contributed by atoms with Crippen LogP contribution in [0.15, 0.2) is 216 Å². The molecular formula is C56H43N3O. The van der Waals surface area contributed by atoms with Gasteiger partial charge in [-0.3, -0.25) is 4.90 Å². The molecule has 0 radical (unpaired) electrons. The quantitative estimate of drug-likeness (QED) is 0.162. The van der Waals surface area contributed by atoms with Gasteiger partial charge in [0.15, 0.2) is 5.82 Å². The number of hydrogen-bond donors (Lipinski definition) is 0. The number of hydrogen-bond acceptors (Lipinski definition) is 4. The van der Waals surface area contributed by atoms with Gasteiger partial charge in [0.05, 0.1) is 17.4 Å². The Morgan fingerprint density at radius 1 is 0.583 bits per heavy atom. The highest BCUT2D eigenvalue weighted by atomic mass is 16.3. The second kappa shape index (κ2) is 15.2. The summed E-state index contributed by atoms with van der Waals surface area (Å²) < 4.78 is 6.91. The third-order valence-corrected chi connectivity index (χ3v) is 12.4. The Morgan fingerprint density at radius 3 is 2.00 bits per heavy atom. The van der Waals surface area contributed by atoms with Crippen molar-refractivity contribution in [2.24, 2.45) is 0 Å². The van der Waals surface area contributed by atoms with Crippen molar-refractivity contribution in [3.8, 4) is 45.0 Å². The van der Waals surface area contributed by atoms with Gasteiger partial charge in [-0.25, -0.2) is 9.97 Å². The summed E-state index contributed by atoms with van der Waals surface area (Å²) in [5, 5.41) is 1.20. The predicted molar refractivity (Wildman–Crippen MR) is 245 cm³/mol. The molecule has 0 spiro atoms. The van der Waals surface area contributed by atoms with Crippen molar-refractivity contribution in [2.45, 2.75) is 30.8 Å². The zero-order valence-electron chi connectivity index (χ0n) is 33.4. The molecule has 8 aromatic rings. The Labute approximate surface area is 351 Å². The van der Waals surface area contributed by atoms with Gasteiger partial charge in [-0.1, -0.05) is 176 Å². The lowest BCUT2D eigenvalue weighted by atomic mass is 9.76. The Hall–Kier alpha value is -7.14. The van der Waals surface area contributed by atoms with Crippen LogP contribution in [0.1, 0.15) is 47.3 Å². The topological polar surface area (TPSA) is 42.2 Å². The zero-order valence-corrected chi connectivity index (χ0v) is 33.4. The normalized spacial score (nSPS) is 18.6. The minimum Gasteiger partial charge on any atom is -0.459 e. The molecule has 4 nitrogen and oxygen atoms in total. The summed E-state index contributed by atoms with van der Waals surface area (Å²) in [4.78, 5) is 12.6. The van der Waals surface area contributed by atoms with Crippen LogP contribution in [0.3, 0.4) is 0 Å². The third kappa shape index (κ3) is 6.56. The molecule has 0 fully saturated rings. The standard InChI is InChI=1S/C56H43N3O/c1-59-51-31-30-44(41-23-13-22-40(32-41)37-16-5-2-6-17-37)35-48(51)53-47-28-11-12-29-52(47)60-55(53)54(59)46-27-15-25-43(34-46)42-24-14-26-45(33-42)50-36-49(38-18-7-3-8-19-38)57-56(58-50)39-20-9-4-10-21-39/h2-12,14-21,23-36,48,51,54H,13,22H2,1H3. The van der Waals surface area contributed by atoms with E-state index in [2.05, 4.69) is 188 Å². The molecule has 288 valence electrons. The second-order valence-electron chi connectivity index (χ2n) is 16.1. The summed E-state index contributed by atoms with van der Waals surface area (Å²) in [6, 6.07) is 59.9. The van der Waals surface area contributed by atoms with Gasteiger partial charge in [0.25, 0.3) is 0 Å². The van der Waals surface area contributed by atoms with Crippen LogP contribution in [-0.4, -0.2) is 28.0 Å². The van der Waals surface area contributed by atoms with E-state index in [1.54, 1.807) is 0 Å². The highest BCUT2D eigenvalue weighted by Crippen LogP contribution is 2.50. The SMILES string of the molecule is CN1C(c2cccc(-c3cccc(-c4cc(-c5ccccc5)nc(-c5ccccc5)n4)c3)c2)c2oc3ccccc3c2C2C=C(C3=CCCC(c4ccccc4)=C3)C=CC21. The van der Waals surface area contributed by atoms with Crippen LogP contribution in [-0.2, 0) is 0 Å². The van der Waals surface area contributed by atoms with E-state index in [0.717, 1.165) is 63.4 Å². The van der Waals surface area contributed by atoms with Crippen LogP contribution in [0, 0.1) is 0 Å². The molecule has 3 atom stereocenters. The van der Waals surface area contributed by atoms with Crippen LogP contribution in [0.2, 0.25) is 0 Å². The lowest BCUT2D eigenvalue weighted by Crippen LogP contribution is -2.43. The van der Waals surface area contributed by atoms with Crippen molar-refractivity contribution in [3.05, 3.63) is 234 Å². The van der Waals surface area contributed by atoms with Crippen molar-refractivity contribution in [1.82, 2.24) is 14.9 Å². The van der Waals surface area contributed by atoms with E-state index in [1.807, 2.05) is 24.3 Å². The lowest BCUT2D eigenvalue weighted by Gasteiger charge is -2.43. The maximum atomic E-state index is 6.91. The summed E-state index contributed by atoms with van der Waals surface area (Å²) >= 11 is 0. The Bertz CT molecular complexity index is 2950. The highest BCUT2D eigenvalue weighted by Gasteiger charge is 2.43. The number of aromatic nitrogens is 2. The van der Waals surface area contributed by atoms with E-state index in [1.165, 1.54) is 38.8 Å². The first-order valence-electron chi connectivity index (χ1n) is 21.0. The number of benzene rings is 6. The van der Waals surface area contributed by atoms with Crippen LogP contribution >= 0.6 is 0 Å². The van der Waals surface area contributed by atoms with E-state index in [0.29, 0.717) is 5.82 Å². The van der Waals surface area contributed by atoms with Crippen LogP contribution in [0.4, 0.5) is 0 Å². The Balaban J connectivity index is 0.967. The largest absolute Gasteiger partial charge is 0.459 e. The van der Waals surface area contributed by atoms with Crippen molar-refractivity contribution in [3.63, 3.8) is 0 Å². The van der Waals surface area contributed by atoms with Crippen molar-refractivity contribution >= 4 is 16.5 Å². The number of likely N-dealkylation sites (N-methyl/N-ethyl adjacent to an activating group) is 1. The van der Waals surface area contributed by atoms with Gasteiger partial charge in [0.1, 0.15) is 11.3 Å². The zero-order chi connectivity index (χ0) is 40.0. The maximum absolute atomic E-state index is 6.91. The van der Waals surface area contributed by atoms with Gasteiger partial charge in [-0.15, -0.1) is 0 Å². The molecule has 0 N–H and O–H groups in total. The monoisotopic (exact) mass is 773 g/mol. The summed E-state index contributed by atoms with van der Waals surface area (Å²) in [6.45, 7) is 0. The van der Waals surface area contributed by atoms with Gasteiger partial charge < -0.3 is 4.42 Å². The Kier molecular flexibility index (Phi) is 9.13. The molecular weight excluding hydrogens is 731 g/mol. The summed E-state index contributed by atoms with van der Waals surface area (Å²) in [5.74, 6) is 1.88. The molecule has 3 heterocycles. The fourth-order valence-corrected chi connectivity index (χ4v) is 9.48. The molecule has 0 bridgehead atoms. The molecule has 0 saturated heterocycles. The molecule has 4 heteroatoms. The molecule has 2 aliphatic carbocycles. The van der Waals surface area contributed by atoms with Gasteiger partial charge in [0, 0.05) is 39.6 Å². The van der Waals surface area contributed by atoms with E-state index in [-0.39, 0.29) is 18.0 Å². The number of fused-ring (bicyclic) bond motifs is 5. The van der Waals surface area contributed by atoms with Crippen LogP contribution in [0.5, 0.6) is 0 Å². The van der Waals surface area contributed by atoms with Crippen molar-refractivity contribution in [2.75, 3.05) is 7.05 Å². The second-order valence-corrected chi connectivity index (χ2v) is 16.1. The van der Waals surface area contributed by atoms with Gasteiger partial charge >= 0.3 is 0 Å². The van der Waals surface area contributed by atoms with E-state index in [9.17, 15) is 0 Å². The minimum absolute atomic E-state index is 0.0708. The van der Waals surface area contributed by atoms with Crippen molar-refractivity contribution in [1.29, 1.82) is 0 Å². The number of allylic oxidation sites excluding steroid dienone is 6. The smallest absolute Gasteiger partial charge is 0.160 e. The number of nitrogens with zero attached hydrogens (tertiary/aromatic N) is 3. The molecule has 11 rings (SSSR count). The number of para-hydroxylation sites is 1. The molecule has 3 aliphatic rings. The maximum Gasteiger partial charge on any atom is 0.160 e. The predicted octanol–water partition coefficient (Wildman–Crippen LogP) is 13.7. The third-order valence-electron chi connectivity index (χ3n) is 12.4. The average Bonchev–Trinajstić information content (AvgIpc) is 3.72. The van der Waals surface area contributed by atoms with E-state index in [4.69, 9.17) is 14.4 Å². The lowest BCUT2D eigenvalue weighted by molar-refractivity contribution is 0.177. The summed E-state index contributed by atoms with van der Waals surface area (Å²) in [7, 11) is 2.26.